The first-order valence-corrected chi connectivity index (χ1v) is 30.9. The average Bonchev–Trinajstić information content (AvgIpc) is 3.32. The van der Waals surface area contributed by atoms with Gasteiger partial charge in [-0.2, -0.15) is 0 Å². The minimum atomic E-state index is -4.69. The number of allylic oxidation sites excluding steroid dienone is 7. The summed E-state index contributed by atoms with van der Waals surface area (Å²) in [5, 5.41) is 3.02. The topological polar surface area (TPSA) is 114 Å². The molecule has 0 spiro atoms. The van der Waals surface area contributed by atoms with Crippen LogP contribution in [0.25, 0.3) is 0 Å². The summed E-state index contributed by atoms with van der Waals surface area (Å²) in [4.78, 5) is 39.8. The van der Waals surface area contributed by atoms with E-state index >= 15 is 0 Å². The normalized spacial score (nSPS) is 14.1. The van der Waals surface area contributed by atoms with Crippen molar-refractivity contribution in [1.29, 1.82) is 0 Å². The van der Waals surface area contributed by atoms with Crippen LogP contribution >= 0.6 is 7.82 Å². The van der Waals surface area contributed by atoms with Gasteiger partial charge < -0.3 is 28.5 Å². The summed E-state index contributed by atoms with van der Waals surface area (Å²) in [7, 11) is 1.18. The Balaban J connectivity index is 5.25. The van der Waals surface area contributed by atoms with Gasteiger partial charge in [-0.05, 0) is 83.1 Å². The van der Waals surface area contributed by atoms with Crippen molar-refractivity contribution < 1.29 is 37.3 Å². The van der Waals surface area contributed by atoms with Crippen molar-refractivity contribution in [3.63, 3.8) is 0 Å². The van der Waals surface area contributed by atoms with Crippen LogP contribution in [-0.2, 0) is 27.9 Å². The van der Waals surface area contributed by atoms with Crippen LogP contribution in [0.3, 0.4) is 0 Å². The van der Waals surface area contributed by atoms with Crippen LogP contribution < -0.4 is 10.2 Å². The molecule has 0 radical (unpaired) electrons. The smallest absolute Gasteiger partial charge is 0.306 e. The molecule has 0 heterocycles. The molecular weight excluding hydrogens is 892 g/mol. The Bertz CT molecular complexity index is 1340. The van der Waals surface area contributed by atoms with E-state index in [1.807, 2.05) is 33.3 Å². The Labute approximate surface area is 433 Å². The lowest BCUT2D eigenvalue weighted by Crippen LogP contribution is -2.47. The minimum Gasteiger partial charge on any atom is -0.756 e. The first kappa shape index (κ1) is 68.0. The highest BCUT2D eigenvalue weighted by atomic mass is 31.2. The van der Waals surface area contributed by atoms with E-state index in [4.69, 9.17) is 13.8 Å². The summed E-state index contributed by atoms with van der Waals surface area (Å²) < 4.78 is 30.2. The molecule has 1 N–H and O–H groups in total. The second-order valence-electron chi connectivity index (χ2n) is 21.1. The molecule has 1 amide bonds. The van der Waals surface area contributed by atoms with Gasteiger partial charge in [0.1, 0.15) is 19.3 Å². The third kappa shape index (κ3) is 50.9. The van der Waals surface area contributed by atoms with Gasteiger partial charge in [0, 0.05) is 12.8 Å². The van der Waals surface area contributed by atoms with Crippen molar-refractivity contribution >= 4 is 19.7 Å². The van der Waals surface area contributed by atoms with E-state index in [-0.39, 0.29) is 24.9 Å². The van der Waals surface area contributed by atoms with Crippen molar-refractivity contribution in [2.24, 2.45) is 0 Å². The zero-order valence-corrected chi connectivity index (χ0v) is 47.6. The number of esters is 1. The van der Waals surface area contributed by atoms with E-state index in [0.29, 0.717) is 17.4 Å². The van der Waals surface area contributed by atoms with Crippen LogP contribution in [0.1, 0.15) is 271 Å². The molecule has 70 heavy (non-hydrogen) atoms. The monoisotopic (exact) mass is 1000 g/mol. The second kappa shape index (κ2) is 50.5. The van der Waals surface area contributed by atoms with Gasteiger partial charge in [0.2, 0.25) is 5.91 Å². The highest BCUT2D eigenvalue weighted by Crippen LogP contribution is 2.38. The maximum absolute atomic E-state index is 13.5. The van der Waals surface area contributed by atoms with E-state index in [0.717, 1.165) is 83.5 Å². The first-order chi connectivity index (χ1) is 33.9. The Hall–Kier alpha value is -2.03. The molecule has 0 aromatic rings. The van der Waals surface area contributed by atoms with Crippen molar-refractivity contribution in [3.8, 4) is 0 Å². The molecule has 0 aromatic carbocycles. The maximum Gasteiger partial charge on any atom is 0.306 e. The molecule has 9 nitrogen and oxygen atoms in total. The third-order valence-electron chi connectivity index (χ3n) is 13.0. The van der Waals surface area contributed by atoms with E-state index in [9.17, 15) is 19.0 Å². The molecule has 3 atom stereocenters. The molecule has 0 saturated carbocycles. The van der Waals surface area contributed by atoms with E-state index in [2.05, 4.69) is 62.5 Å². The fourth-order valence-corrected chi connectivity index (χ4v) is 9.16. The maximum atomic E-state index is 13.5. The van der Waals surface area contributed by atoms with Gasteiger partial charge in [-0.3, -0.25) is 14.2 Å². The lowest BCUT2D eigenvalue weighted by molar-refractivity contribution is -0.870. The quantitative estimate of drug-likeness (QED) is 0.0212. The van der Waals surface area contributed by atoms with Crippen molar-refractivity contribution in [3.05, 3.63) is 48.6 Å². The number of hydrogen-bond acceptors (Lipinski definition) is 7. The number of unbranched alkanes of at least 4 members (excludes halogenated alkanes) is 31. The molecule has 3 unspecified atom stereocenters. The predicted molar refractivity (Wildman–Crippen MR) is 298 cm³/mol. The SMILES string of the molecule is CC/C=C/C/C=C/CCCCCCCCCC(=O)OC(/C=C\CCCCCCCCCCC)C(COP(=O)([O-])OCC[N+](C)(C)C)NC(=O)CCCCCCCCCCC/C=C/CCCCCCCC. The molecule has 0 aliphatic heterocycles. The Morgan fingerprint density at radius 3 is 1.37 bits per heavy atom. The van der Waals surface area contributed by atoms with Crippen molar-refractivity contribution in [2.45, 2.75) is 283 Å². The number of quaternary nitrogens is 1. The Morgan fingerprint density at radius 2 is 0.914 bits per heavy atom. The summed E-state index contributed by atoms with van der Waals surface area (Å²) in [5.41, 5.74) is 0. The summed E-state index contributed by atoms with van der Waals surface area (Å²) in [6.07, 6.45) is 60.7. The third-order valence-corrected chi connectivity index (χ3v) is 14.0. The van der Waals surface area contributed by atoms with Gasteiger partial charge in [-0.1, -0.05) is 224 Å². The van der Waals surface area contributed by atoms with Crippen molar-refractivity contribution in [1.82, 2.24) is 5.32 Å². The number of phosphoric ester groups is 1. The molecule has 410 valence electrons. The molecule has 0 rings (SSSR count). The zero-order valence-electron chi connectivity index (χ0n) is 46.7. The van der Waals surface area contributed by atoms with Crippen LogP contribution in [0, 0.1) is 0 Å². The van der Waals surface area contributed by atoms with Gasteiger partial charge in [0.05, 0.1) is 33.8 Å². The van der Waals surface area contributed by atoms with Gasteiger partial charge >= 0.3 is 5.97 Å². The number of phosphoric acid groups is 1. The molecule has 0 aliphatic carbocycles. The molecule has 0 aromatic heterocycles. The Morgan fingerprint density at radius 1 is 0.514 bits per heavy atom. The van der Waals surface area contributed by atoms with Crippen LogP contribution in [0.4, 0.5) is 0 Å². The van der Waals surface area contributed by atoms with Crippen LogP contribution in [-0.4, -0.2) is 69.4 Å². The highest BCUT2D eigenvalue weighted by molar-refractivity contribution is 7.45. The Kier molecular flexibility index (Phi) is 49.0. The van der Waals surface area contributed by atoms with Crippen molar-refractivity contribution in [2.75, 3.05) is 40.9 Å². The predicted octanol–water partition coefficient (Wildman–Crippen LogP) is 17.1. The van der Waals surface area contributed by atoms with Gasteiger partial charge in [-0.25, -0.2) is 0 Å². The molecule has 0 saturated heterocycles. The fourth-order valence-electron chi connectivity index (χ4n) is 8.44. The number of amides is 1. The molecule has 10 heteroatoms. The molecule has 0 aliphatic rings. The summed E-state index contributed by atoms with van der Waals surface area (Å²) in [5.74, 6) is -0.549. The molecular formula is C60H113N2O7P. The van der Waals surface area contributed by atoms with Gasteiger partial charge in [0.15, 0.2) is 0 Å². The number of nitrogens with one attached hydrogen (secondary N) is 1. The molecule has 0 bridgehead atoms. The van der Waals surface area contributed by atoms with Gasteiger partial charge in [-0.15, -0.1) is 0 Å². The number of nitrogens with zero attached hydrogens (tertiary/aromatic N) is 1. The second-order valence-corrected chi connectivity index (χ2v) is 22.5. The number of carbonyl (C=O) groups is 2. The lowest BCUT2D eigenvalue weighted by Gasteiger charge is -2.30. The van der Waals surface area contributed by atoms with Crippen LogP contribution in [0.2, 0.25) is 0 Å². The van der Waals surface area contributed by atoms with E-state index in [1.54, 1.807) is 0 Å². The van der Waals surface area contributed by atoms with Crippen LogP contribution in [0.5, 0.6) is 0 Å². The number of hydrogen-bond donors (Lipinski definition) is 1. The summed E-state index contributed by atoms with van der Waals surface area (Å²) >= 11 is 0. The number of likely N-dealkylation sites (N-methyl/N-ethyl adjacent to an activating group) is 1. The average molecular weight is 1010 g/mol. The summed E-state index contributed by atoms with van der Waals surface area (Å²) in [6.45, 7) is 6.73. The number of ether oxygens (including phenoxy) is 1. The lowest BCUT2D eigenvalue weighted by atomic mass is 10.0. The fraction of sp³-hybridized carbons (Fsp3) is 0.833. The van der Waals surface area contributed by atoms with E-state index < -0.39 is 26.6 Å². The summed E-state index contributed by atoms with van der Waals surface area (Å²) in [6, 6.07) is -0.890. The molecule has 0 fully saturated rings. The standard InChI is InChI=1S/C60H113N2O7P/c1-7-10-13-16-19-22-25-27-29-30-31-32-33-34-37-40-43-46-49-52-59(63)61-57(56-68-70(65,66)67-55-54-62(4,5)6)58(51-48-45-42-39-36-24-21-18-15-12-9-3)69-60(64)53-50-47-44-41-38-35-28-26-23-20-17-14-11-8-2/h11,14,20,23,27,29,48,51,57-58H,7-10,12-13,15-19,21-22,24-26,28,30-47,49-50,52-56H2,1-6H3,(H-,61,63,65,66)/b14-11+,23-20+,29-27+,51-48-. The largest absolute Gasteiger partial charge is 0.756 e. The highest BCUT2D eigenvalue weighted by Gasteiger charge is 2.27. The zero-order chi connectivity index (χ0) is 51.5. The number of rotatable bonds is 53. The minimum absolute atomic E-state index is 0.0239. The van der Waals surface area contributed by atoms with Crippen LogP contribution in [0.15, 0.2) is 48.6 Å². The first-order valence-electron chi connectivity index (χ1n) is 29.4. The van der Waals surface area contributed by atoms with Gasteiger partial charge in [0.25, 0.3) is 7.82 Å². The number of carbonyl (C=O) groups excluding carboxylic acids is 2. The van der Waals surface area contributed by atoms with E-state index in [1.165, 1.54) is 154 Å².